The van der Waals surface area contributed by atoms with Crippen LogP contribution in [0.25, 0.3) is 0 Å². The Hall–Kier alpha value is -0.820. The van der Waals surface area contributed by atoms with Gasteiger partial charge in [-0.25, -0.2) is 0 Å². The summed E-state index contributed by atoms with van der Waals surface area (Å²) >= 11 is 0. The van der Waals surface area contributed by atoms with Crippen LogP contribution in [0.5, 0.6) is 0 Å². The standard InChI is InChI=1S/C19H31N/c1-15(2)17-11-13-18(14-12-17)16(3)20-19-9-7-5-4-6-8-10-19/h11-16,19-20H,4-10H2,1-3H3. The molecule has 1 N–H and O–H groups in total. The lowest BCUT2D eigenvalue weighted by molar-refractivity contribution is 0.362. The maximum atomic E-state index is 3.85. The summed E-state index contributed by atoms with van der Waals surface area (Å²) in [5.74, 6) is 0.623. The van der Waals surface area contributed by atoms with Gasteiger partial charge in [-0.15, -0.1) is 0 Å². The monoisotopic (exact) mass is 273 g/mol. The summed E-state index contributed by atoms with van der Waals surface area (Å²) in [6.07, 6.45) is 9.81. The zero-order chi connectivity index (χ0) is 14.4. The quantitative estimate of drug-likeness (QED) is 0.755. The van der Waals surface area contributed by atoms with Gasteiger partial charge in [-0.2, -0.15) is 0 Å². The molecule has 1 aromatic carbocycles. The molecule has 1 aliphatic carbocycles. The fraction of sp³-hybridized carbons (Fsp3) is 0.684. The molecule has 1 atom stereocenters. The SMILES string of the molecule is CC(C)c1ccc(C(C)NC2CCCCCCC2)cc1. The average molecular weight is 273 g/mol. The van der Waals surface area contributed by atoms with Crippen LogP contribution in [0.15, 0.2) is 24.3 Å². The van der Waals surface area contributed by atoms with Gasteiger partial charge < -0.3 is 5.32 Å². The van der Waals surface area contributed by atoms with Gasteiger partial charge in [0.1, 0.15) is 0 Å². The van der Waals surface area contributed by atoms with Gasteiger partial charge in [0, 0.05) is 12.1 Å². The fourth-order valence-electron chi connectivity index (χ4n) is 3.24. The molecule has 0 radical (unpaired) electrons. The van der Waals surface area contributed by atoms with E-state index in [-0.39, 0.29) is 0 Å². The third-order valence-corrected chi connectivity index (χ3v) is 4.69. The number of hydrogen-bond acceptors (Lipinski definition) is 1. The summed E-state index contributed by atoms with van der Waals surface area (Å²) in [5.41, 5.74) is 2.86. The summed E-state index contributed by atoms with van der Waals surface area (Å²) < 4.78 is 0. The number of rotatable bonds is 4. The van der Waals surface area contributed by atoms with Gasteiger partial charge in [-0.3, -0.25) is 0 Å². The van der Waals surface area contributed by atoms with E-state index in [2.05, 4.69) is 50.4 Å². The second-order valence-electron chi connectivity index (χ2n) is 6.75. The van der Waals surface area contributed by atoms with Gasteiger partial charge in [0.15, 0.2) is 0 Å². The molecule has 1 aromatic rings. The predicted octanol–water partition coefficient (Wildman–Crippen LogP) is 5.57. The van der Waals surface area contributed by atoms with Gasteiger partial charge in [0.05, 0.1) is 0 Å². The summed E-state index contributed by atoms with van der Waals surface area (Å²) in [7, 11) is 0. The van der Waals surface area contributed by atoms with Crippen LogP contribution in [0, 0.1) is 0 Å². The van der Waals surface area contributed by atoms with Crippen LogP contribution < -0.4 is 5.32 Å². The molecule has 1 fully saturated rings. The molecule has 1 heteroatoms. The van der Waals surface area contributed by atoms with E-state index in [1.54, 1.807) is 0 Å². The predicted molar refractivity (Wildman–Crippen MR) is 88.2 cm³/mol. The minimum atomic E-state index is 0.473. The van der Waals surface area contributed by atoms with E-state index in [0.717, 1.165) is 6.04 Å². The van der Waals surface area contributed by atoms with Gasteiger partial charge in [0.2, 0.25) is 0 Å². The molecule has 1 saturated carbocycles. The number of nitrogens with one attached hydrogen (secondary N) is 1. The number of benzene rings is 1. The molecule has 1 aliphatic rings. The van der Waals surface area contributed by atoms with Crippen molar-refractivity contribution in [1.29, 1.82) is 0 Å². The first kappa shape index (κ1) is 15.6. The smallest absolute Gasteiger partial charge is 0.0294 e. The van der Waals surface area contributed by atoms with Crippen molar-refractivity contribution in [2.45, 2.75) is 83.7 Å². The van der Waals surface area contributed by atoms with Gasteiger partial charge >= 0.3 is 0 Å². The Labute approximate surface area is 125 Å². The Morgan fingerprint density at radius 1 is 0.800 bits per heavy atom. The second kappa shape index (κ2) is 7.83. The largest absolute Gasteiger partial charge is 0.307 e. The Kier molecular flexibility index (Phi) is 6.09. The molecule has 0 amide bonds. The lowest BCUT2D eigenvalue weighted by Crippen LogP contribution is -2.32. The van der Waals surface area contributed by atoms with E-state index >= 15 is 0 Å². The van der Waals surface area contributed by atoms with Gasteiger partial charge in [-0.1, -0.05) is 70.2 Å². The molecule has 0 heterocycles. The highest BCUT2D eigenvalue weighted by Crippen LogP contribution is 2.22. The zero-order valence-corrected chi connectivity index (χ0v) is 13.5. The minimum absolute atomic E-state index is 0.473. The molecule has 0 aromatic heterocycles. The van der Waals surface area contributed by atoms with E-state index in [1.165, 1.54) is 56.1 Å². The molecule has 20 heavy (non-hydrogen) atoms. The van der Waals surface area contributed by atoms with Crippen LogP contribution in [0.3, 0.4) is 0 Å². The minimum Gasteiger partial charge on any atom is -0.307 e. The summed E-state index contributed by atoms with van der Waals surface area (Å²) in [5, 5.41) is 3.85. The summed E-state index contributed by atoms with van der Waals surface area (Å²) in [6, 6.07) is 10.4. The van der Waals surface area contributed by atoms with Crippen LogP contribution >= 0.6 is 0 Å². The Balaban J connectivity index is 1.90. The average Bonchev–Trinajstić information content (AvgIpc) is 2.41. The highest BCUT2D eigenvalue weighted by Gasteiger charge is 2.14. The normalized spacial score (nSPS) is 19.6. The van der Waals surface area contributed by atoms with E-state index < -0.39 is 0 Å². The fourth-order valence-corrected chi connectivity index (χ4v) is 3.24. The molecular formula is C19H31N. The molecule has 1 unspecified atom stereocenters. The van der Waals surface area contributed by atoms with Crippen LogP contribution in [-0.4, -0.2) is 6.04 Å². The number of hydrogen-bond donors (Lipinski definition) is 1. The van der Waals surface area contributed by atoms with Crippen molar-refractivity contribution in [3.63, 3.8) is 0 Å². The van der Waals surface area contributed by atoms with Crippen molar-refractivity contribution >= 4 is 0 Å². The third-order valence-electron chi connectivity index (χ3n) is 4.69. The molecule has 0 aliphatic heterocycles. The van der Waals surface area contributed by atoms with Crippen molar-refractivity contribution in [2.24, 2.45) is 0 Å². The highest BCUT2D eigenvalue weighted by molar-refractivity contribution is 5.26. The molecule has 0 bridgehead atoms. The molecule has 0 spiro atoms. The first-order valence-corrected chi connectivity index (χ1v) is 8.52. The van der Waals surface area contributed by atoms with Crippen LogP contribution in [0.2, 0.25) is 0 Å². The van der Waals surface area contributed by atoms with Crippen LogP contribution in [0.4, 0.5) is 0 Å². The van der Waals surface area contributed by atoms with E-state index in [0.29, 0.717) is 12.0 Å². The second-order valence-corrected chi connectivity index (χ2v) is 6.75. The first-order valence-electron chi connectivity index (χ1n) is 8.52. The van der Waals surface area contributed by atoms with E-state index in [1.807, 2.05) is 0 Å². The van der Waals surface area contributed by atoms with Crippen molar-refractivity contribution in [1.82, 2.24) is 5.32 Å². The lowest BCUT2D eigenvalue weighted by Gasteiger charge is -2.25. The molecule has 0 saturated heterocycles. The lowest BCUT2D eigenvalue weighted by atomic mass is 9.95. The topological polar surface area (TPSA) is 12.0 Å². The van der Waals surface area contributed by atoms with Gasteiger partial charge in [0.25, 0.3) is 0 Å². The Morgan fingerprint density at radius 2 is 1.30 bits per heavy atom. The Morgan fingerprint density at radius 3 is 1.85 bits per heavy atom. The Bertz CT molecular complexity index is 371. The maximum absolute atomic E-state index is 3.85. The van der Waals surface area contributed by atoms with E-state index in [9.17, 15) is 0 Å². The van der Waals surface area contributed by atoms with Crippen molar-refractivity contribution < 1.29 is 0 Å². The van der Waals surface area contributed by atoms with Crippen molar-refractivity contribution in [3.8, 4) is 0 Å². The molecular weight excluding hydrogens is 242 g/mol. The molecule has 2 rings (SSSR count). The third kappa shape index (κ3) is 4.63. The van der Waals surface area contributed by atoms with Crippen molar-refractivity contribution in [3.05, 3.63) is 35.4 Å². The summed E-state index contributed by atoms with van der Waals surface area (Å²) in [6.45, 7) is 6.82. The molecule has 112 valence electrons. The van der Waals surface area contributed by atoms with Crippen LogP contribution in [-0.2, 0) is 0 Å². The molecule has 1 nitrogen and oxygen atoms in total. The summed E-state index contributed by atoms with van der Waals surface area (Å²) in [4.78, 5) is 0. The first-order chi connectivity index (χ1) is 9.66. The van der Waals surface area contributed by atoms with Crippen LogP contribution in [0.1, 0.15) is 88.8 Å². The van der Waals surface area contributed by atoms with Gasteiger partial charge in [-0.05, 0) is 36.8 Å². The maximum Gasteiger partial charge on any atom is 0.0294 e. The van der Waals surface area contributed by atoms with Crippen molar-refractivity contribution in [2.75, 3.05) is 0 Å². The van der Waals surface area contributed by atoms with E-state index in [4.69, 9.17) is 0 Å². The highest BCUT2D eigenvalue weighted by atomic mass is 14.9. The zero-order valence-electron chi connectivity index (χ0n) is 13.5.